The Morgan fingerprint density at radius 1 is 1.43 bits per heavy atom. The Balaban J connectivity index is 2.29. The fourth-order valence-corrected chi connectivity index (χ4v) is 1.88. The molecule has 0 bridgehead atoms. The van der Waals surface area contributed by atoms with E-state index in [0.29, 0.717) is 0 Å². The highest BCUT2D eigenvalue weighted by atomic mass is 79.9. The minimum Gasteiger partial charge on any atom is -0.339 e. The van der Waals surface area contributed by atoms with E-state index in [1.807, 2.05) is 30.0 Å². The summed E-state index contributed by atoms with van der Waals surface area (Å²) in [6, 6.07) is 5.83. The number of amides is 1. The summed E-state index contributed by atoms with van der Waals surface area (Å²) in [6.07, 6.45) is 1.14. The van der Waals surface area contributed by atoms with Crippen molar-refractivity contribution >= 4 is 21.8 Å². The van der Waals surface area contributed by atoms with Gasteiger partial charge >= 0.3 is 0 Å². The first kappa shape index (κ1) is 9.71. The van der Waals surface area contributed by atoms with Gasteiger partial charge in [0, 0.05) is 23.1 Å². The average Bonchev–Trinajstić information content (AvgIpc) is 2.06. The molecule has 3 heteroatoms. The molecule has 0 aromatic heterocycles. The number of halogens is 1. The van der Waals surface area contributed by atoms with Crippen molar-refractivity contribution in [3.63, 3.8) is 0 Å². The summed E-state index contributed by atoms with van der Waals surface area (Å²) in [5, 5.41) is 0. The zero-order valence-electron chi connectivity index (χ0n) is 8.09. The van der Waals surface area contributed by atoms with Crippen LogP contribution in [-0.4, -0.2) is 23.9 Å². The molecular weight excluding hydrogens is 242 g/mol. The van der Waals surface area contributed by atoms with Crippen LogP contribution in [0.1, 0.15) is 22.3 Å². The zero-order valence-corrected chi connectivity index (χ0v) is 9.67. The molecule has 2 nitrogen and oxygen atoms in total. The van der Waals surface area contributed by atoms with Crippen molar-refractivity contribution in [3.8, 4) is 0 Å². The minimum absolute atomic E-state index is 0.162. The van der Waals surface area contributed by atoms with Crippen molar-refractivity contribution in [2.24, 2.45) is 0 Å². The molecular formula is C11H12BrNO. The van der Waals surface area contributed by atoms with Gasteiger partial charge in [-0.05, 0) is 31.0 Å². The van der Waals surface area contributed by atoms with Gasteiger partial charge in [0.2, 0.25) is 0 Å². The highest BCUT2D eigenvalue weighted by molar-refractivity contribution is 9.10. The van der Waals surface area contributed by atoms with E-state index in [4.69, 9.17) is 0 Å². The topological polar surface area (TPSA) is 20.3 Å². The lowest BCUT2D eigenvalue weighted by Crippen LogP contribution is -2.42. The van der Waals surface area contributed by atoms with Crippen LogP contribution in [0.25, 0.3) is 0 Å². The molecule has 1 heterocycles. The SMILES string of the molecule is Cc1ccc(Br)cc1C(=O)N1CCC1. The highest BCUT2D eigenvalue weighted by Crippen LogP contribution is 2.19. The second kappa shape index (κ2) is 3.73. The van der Waals surface area contributed by atoms with E-state index in [0.717, 1.165) is 35.1 Å². The normalized spacial score (nSPS) is 15.1. The Bertz CT molecular complexity index is 372. The van der Waals surface area contributed by atoms with Crippen LogP contribution in [0.15, 0.2) is 22.7 Å². The molecule has 1 aromatic rings. The lowest BCUT2D eigenvalue weighted by molar-refractivity contribution is 0.0651. The summed E-state index contributed by atoms with van der Waals surface area (Å²) >= 11 is 3.38. The smallest absolute Gasteiger partial charge is 0.254 e. The van der Waals surface area contributed by atoms with Crippen molar-refractivity contribution in [2.75, 3.05) is 13.1 Å². The zero-order chi connectivity index (χ0) is 10.1. The van der Waals surface area contributed by atoms with E-state index in [9.17, 15) is 4.79 Å². The monoisotopic (exact) mass is 253 g/mol. The van der Waals surface area contributed by atoms with Crippen LogP contribution >= 0.6 is 15.9 Å². The average molecular weight is 254 g/mol. The highest BCUT2D eigenvalue weighted by Gasteiger charge is 2.22. The molecule has 1 aliphatic rings. The Kier molecular flexibility index (Phi) is 2.59. The molecule has 0 spiro atoms. The number of carbonyl (C=O) groups is 1. The van der Waals surface area contributed by atoms with Crippen molar-refractivity contribution in [3.05, 3.63) is 33.8 Å². The van der Waals surface area contributed by atoms with Crippen LogP contribution in [-0.2, 0) is 0 Å². The fraction of sp³-hybridized carbons (Fsp3) is 0.364. The summed E-state index contributed by atoms with van der Waals surface area (Å²) in [6.45, 7) is 3.79. The summed E-state index contributed by atoms with van der Waals surface area (Å²) in [5.74, 6) is 0.162. The van der Waals surface area contributed by atoms with Crippen molar-refractivity contribution in [1.82, 2.24) is 4.90 Å². The maximum Gasteiger partial charge on any atom is 0.254 e. The molecule has 0 atom stereocenters. The van der Waals surface area contributed by atoms with Gasteiger partial charge in [-0.3, -0.25) is 4.79 Å². The van der Waals surface area contributed by atoms with Crippen LogP contribution in [0.5, 0.6) is 0 Å². The van der Waals surface area contributed by atoms with Gasteiger partial charge < -0.3 is 4.90 Å². The maximum atomic E-state index is 11.9. The van der Waals surface area contributed by atoms with E-state index in [1.54, 1.807) is 0 Å². The first-order valence-corrected chi connectivity index (χ1v) is 5.53. The van der Waals surface area contributed by atoms with Crippen LogP contribution in [0, 0.1) is 6.92 Å². The van der Waals surface area contributed by atoms with Crippen LogP contribution < -0.4 is 0 Å². The van der Waals surface area contributed by atoms with E-state index < -0.39 is 0 Å². The third-order valence-electron chi connectivity index (χ3n) is 2.57. The second-order valence-electron chi connectivity index (χ2n) is 3.60. The first-order valence-electron chi connectivity index (χ1n) is 4.74. The number of benzene rings is 1. The van der Waals surface area contributed by atoms with Gasteiger partial charge in [0.05, 0.1) is 0 Å². The number of likely N-dealkylation sites (tertiary alicyclic amines) is 1. The Morgan fingerprint density at radius 3 is 2.71 bits per heavy atom. The number of aryl methyl sites for hydroxylation is 1. The van der Waals surface area contributed by atoms with Gasteiger partial charge in [-0.25, -0.2) is 0 Å². The molecule has 74 valence electrons. The molecule has 0 N–H and O–H groups in total. The summed E-state index contributed by atoms with van der Waals surface area (Å²) in [4.78, 5) is 13.8. The maximum absolute atomic E-state index is 11.9. The summed E-state index contributed by atoms with van der Waals surface area (Å²) < 4.78 is 0.965. The number of hydrogen-bond acceptors (Lipinski definition) is 1. The molecule has 14 heavy (non-hydrogen) atoms. The van der Waals surface area contributed by atoms with Crippen molar-refractivity contribution in [1.29, 1.82) is 0 Å². The van der Waals surface area contributed by atoms with Gasteiger partial charge in [-0.1, -0.05) is 22.0 Å². The van der Waals surface area contributed by atoms with Gasteiger partial charge in [-0.15, -0.1) is 0 Å². The Morgan fingerprint density at radius 2 is 2.14 bits per heavy atom. The number of hydrogen-bond donors (Lipinski definition) is 0. The minimum atomic E-state index is 0.162. The predicted octanol–water partition coefficient (Wildman–Crippen LogP) is 2.60. The Hall–Kier alpha value is -0.830. The van der Waals surface area contributed by atoms with Crippen molar-refractivity contribution in [2.45, 2.75) is 13.3 Å². The van der Waals surface area contributed by atoms with E-state index in [2.05, 4.69) is 15.9 Å². The molecule has 0 radical (unpaired) electrons. The van der Waals surface area contributed by atoms with Gasteiger partial charge in [0.25, 0.3) is 5.91 Å². The molecule has 1 saturated heterocycles. The van der Waals surface area contributed by atoms with Crippen molar-refractivity contribution < 1.29 is 4.79 Å². The standard InChI is InChI=1S/C11H12BrNO/c1-8-3-4-9(12)7-10(8)11(14)13-5-2-6-13/h3-4,7H,2,5-6H2,1H3. The fourth-order valence-electron chi connectivity index (χ4n) is 1.51. The number of nitrogens with zero attached hydrogens (tertiary/aromatic N) is 1. The second-order valence-corrected chi connectivity index (χ2v) is 4.52. The molecule has 1 aliphatic heterocycles. The molecule has 0 saturated carbocycles. The van der Waals surface area contributed by atoms with E-state index in [1.165, 1.54) is 0 Å². The number of carbonyl (C=O) groups excluding carboxylic acids is 1. The van der Waals surface area contributed by atoms with Gasteiger partial charge in [0.1, 0.15) is 0 Å². The molecule has 0 unspecified atom stereocenters. The van der Waals surface area contributed by atoms with Crippen LogP contribution in [0.3, 0.4) is 0 Å². The lowest BCUT2D eigenvalue weighted by Gasteiger charge is -2.31. The van der Waals surface area contributed by atoms with E-state index in [-0.39, 0.29) is 5.91 Å². The molecule has 1 aromatic carbocycles. The Labute approximate surface area is 92.0 Å². The third-order valence-corrected chi connectivity index (χ3v) is 3.07. The van der Waals surface area contributed by atoms with Gasteiger partial charge in [-0.2, -0.15) is 0 Å². The van der Waals surface area contributed by atoms with Crippen LogP contribution in [0.2, 0.25) is 0 Å². The van der Waals surface area contributed by atoms with Gasteiger partial charge in [0.15, 0.2) is 0 Å². The van der Waals surface area contributed by atoms with E-state index >= 15 is 0 Å². The first-order chi connectivity index (χ1) is 6.68. The molecule has 0 aliphatic carbocycles. The predicted molar refractivity (Wildman–Crippen MR) is 59.4 cm³/mol. The molecule has 1 fully saturated rings. The number of rotatable bonds is 1. The largest absolute Gasteiger partial charge is 0.339 e. The third kappa shape index (κ3) is 1.69. The van der Waals surface area contributed by atoms with Crippen LogP contribution in [0.4, 0.5) is 0 Å². The lowest BCUT2D eigenvalue weighted by atomic mass is 10.1. The molecule has 2 rings (SSSR count). The molecule has 1 amide bonds. The quantitative estimate of drug-likeness (QED) is 0.754. The summed E-state index contributed by atoms with van der Waals surface area (Å²) in [7, 11) is 0. The summed E-state index contributed by atoms with van der Waals surface area (Å²) in [5.41, 5.74) is 1.86.